The van der Waals surface area contributed by atoms with E-state index in [4.69, 9.17) is 10.5 Å². The van der Waals surface area contributed by atoms with Gasteiger partial charge in [0.15, 0.2) is 0 Å². The first kappa shape index (κ1) is 24.8. The second-order valence-corrected chi connectivity index (χ2v) is 7.95. The molecule has 1 atom stereocenters. The number of rotatable bonds is 11. The highest BCUT2D eigenvalue weighted by atomic mass is 16.5. The fourth-order valence-corrected chi connectivity index (χ4v) is 3.39. The number of hydrogen-bond donors (Lipinski definition) is 4. The lowest BCUT2D eigenvalue weighted by atomic mass is 10.1. The number of primary amides is 1. The van der Waals surface area contributed by atoms with E-state index in [-0.39, 0.29) is 31.2 Å². The van der Waals surface area contributed by atoms with Crippen molar-refractivity contribution in [1.29, 1.82) is 0 Å². The van der Waals surface area contributed by atoms with Crippen LogP contribution in [0.1, 0.15) is 25.8 Å². The van der Waals surface area contributed by atoms with E-state index in [0.717, 1.165) is 11.8 Å². The van der Waals surface area contributed by atoms with Gasteiger partial charge in [0.05, 0.1) is 11.6 Å². The van der Waals surface area contributed by atoms with E-state index >= 15 is 0 Å². The van der Waals surface area contributed by atoms with Crippen LogP contribution in [0.4, 0.5) is 4.79 Å². The summed E-state index contributed by atoms with van der Waals surface area (Å²) in [6, 6.07) is 15.8. The fourth-order valence-electron chi connectivity index (χ4n) is 3.39. The van der Waals surface area contributed by atoms with Crippen molar-refractivity contribution in [1.82, 2.24) is 20.5 Å². The molecule has 5 N–H and O–H groups in total. The number of carbonyl (C=O) groups is 2. The van der Waals surface area contributed by atoms with Crippen molar-refractivity contribution in [2.75, 3.05) is 13.1 Å². The Balaban J connectivity index is 1.91. The molecule has 3 aromatic rings. The number of pyridine rings is 1. The van der Waals surface area contributed by atoms with Crippen LogP contribution in [0, 0.1) is 0 Å². The molecule has 0 saturated heterocycles. The summed E-state index contributed by atoms with van der Waals surface area (Å²) in [4.78, 5) is 36.6. The first-order valence-electron chi connectivity index (χ1n) is 11.3. The van der Waals surface area contributed by atoms with Crippen molar-refractivity contribution in [2.24, 2.45) is 5.73 Å². The number of ether oxygens (including phenoxy) is 1. The molecule has 9 heteroatoms. The van der Waals surface area contributed by atoms with Crippen molar-refractivity contribution in [3.05, 3.63) is 70.5 Å². The Morgan fingerprint density at radius 2 is 1.76 bits per heavy atom. The fraction of sp³-hybridized carbons (Fsp3) is 0.320. The molecular weight excluding hydrogens is 434 g/mol. The van der Waals surface area contributed by atoms with E-state index in [1.54, 1.807) is 17.6 Å². The van der Waals surface area contributed by atoms with Crippen LogP contribution in [0.25, 0.3) is 10.9 Å². The van der Waals surface area contributed by atoms with Gasteiger partial charge < -0.3 is 31.0 Å². The number of hydrogen-bond acceptors (Lipinski definition) is 5. The smallest absolute Gasteiger partial charge is 0.314 e. The molecule has 0 aliphatic heterocycles. The number of nitrogens with one attached hydrogen (secondary N) is 3. The summed E-state index contributed by atoms with van der Waals surface area (Å²) in [5, 5.41) is 9.34. The molecule has 9 nitrogen and oxygen atoms in total. The first-order chi connectivity index (χ1) is 16.4. The van der Waals surface area contributed by atoms with Gasteiger partial charge >= 0.3 is 6.03 Å². The van der Waals surface area contributed by atoms with E-state index in [9.17, 15) is 14.4 Å². The van der Waals surface area contributed by atoms with Gasteiger partial charge in [-0.3, -0.25) is 9.59 Å². The first-order valence-corrected chi connectivity index (χ1v) is 11.3. The van der Waals surface area contributed by atoms with E-state index in [1.807, 2.05) is 55.5 Å². The third-order valence-corrected chi connectivity index (χ3v) is 5.30. The van der Waals surface area contributed by atoms with E-state index in [2.05, 4.69) is 16.0 Å². The summed E-state index contributed by atoms with van der Waals surface area (Å²) in [6.07, 6.45) is 0.834. The van der Waals surface area contributed by atoms with Gasteiger partial charge in [-0.05, 0) is 49.1 Å². The van der Waals surface area contributed by atoms with Crippen molar-refractivity contribution in [2.45, 2.75) is 39.4 Å². The average Bonchev–Trinajstić information content (AvgIpc) is 2.83. The zero-order valence-corrected chi connectivity index (χ0v) is 19.5. The summed E-state index contributed by atoms with van der Waals surface area (Å²) in [5.74, 6) is 0.783. The molecule has 180 valence electrons. The van der Waals surface area contributed by atoms with Crippen molar-refractivity contribution in [3.63, 3.8) is 0 Å². The van der Waals surface area contributed by atoms with Crippen LogP contribution < -0.4 is 32.0 Å². The second kappa shape index (κ2) is 11.9. The number of para-hydroxylation sites is 1. The maximum absolute atomic E-state index is 13.3. The monoisotopic (exact) mass is 465 g/mol. The number of aromatic nitrogens is 1. The van der Waals surface area contributed by atoms with Crippen molar-refractivity contribution in [3.8, 4) is 11.5 Å². The zero-order valence-electron chi connectivity index (χ0n) is 19.5. The van der Waals surface area contributed by atoms with Gasteiger partial charge in [0.1, 0.15) is 11.5 Å². The third kappa shape index (κ3) is 6.58. The second-order valence-electron chi connectivity index (χ2n) is 7.95. The van der Waals surface area contributed by atoms with Crippen LogP contribution in [-0.2, 0) is 17.9 Å². The summed E-state index contributed by atoms with van der Waals surface area (Å²) >= 11 is 0. The minimum Gasteiger partial charge on any atom is -0.457 e. The molecule has 0 aliphatic carbocycles. The molecule has 34 heavy (non-hydrogen) atoms. The topological polar surface area (TPSA) is 127 Å². The lowest BCUT2D eigenvalue weighted by molar-refractivity contribution is -0.119. The maximum atomic E-state index is 13.3. The number of amides is 3. The van der Waals surface area contributed by atoms with Crippen LogP contribution in [0.3, 0.4) is 0 Å². The van der Waals surface area contributed by atoms with Crippen LogP contribution in [0.15, 0.2) is 59.4 Å². The number of carbonyl (C=O) groups excluding carboxylic acids is 2. The predicted molar refractivity (Wildman–Crippen MR) is 132 cm³/mol. The molecular formula is C25H31N5O4. The number of fused-ring (bicyclic) bond motifs is 1. The molecule has 1 heterocycles. The molecule has 3 amide bonds. The molecule has 0 aliphatic rings. The van der Waals surface area contributed by atoms with Gasteiger partial charge in [0.2, 0.25) is 5.91 Å². The maximum Gasteiger partial charge on any atom is 0.314 e. The molecule has 0 bridgehead atoms. The highest BCUT2D eigenvalue weighted by Crippen LogP contribution is 2.25. The standard InChI is InChI=1S/C25H31N5O4/c1-3-11-27-25(33)28-12-13-30-22-15-21(34-20-7-5-4-6-8-20)10-9-18(22)14-19(24(30)32)16-29-17(2)23(26)31/h4-10,14-15,17,29H,3,11-13,16H2,1-2H3,(H2,26,31)(H2,27,28,33). The van der Waals surface area contributed by atoms with E-state index < -0.39 is 11.9 Å². The normalized spacial score (nSPS) is 11.7. The van der Waals surface area contributed by atoms with Crippen LogP contribution >= 0.6 is 0 Å². The number of nitrogens with two attached hydrogens (primary N) is 1. The number of benzene rings is 2. The Labute approximate surface area is 198 Å². The Kier molecular flexibility index (Phi) is 8.64. The highest BCUT2D eigenvalue weighted by Gasteiger charge is 2.14. The minimum absolute atomic E-state index is 0.186. The van der Waals surface area contributed by atoms with E-state index in [0.29, 0.717) is 29.1 Å². The Bertz CT molecular complexity index is 1190. The Hall–Kier alpha value is -3.85. The van der Waals surface area contributed by atoms with Gasteiger partial charge in [-0.2, -0.15) is 0 Å². The van der Waals surface area contributed by atoms with Crippen LogP contribution in [0.2, 0.25) is 0 Å². The molecule has 3 rings (SSSR count). The lowest BCUT2D eigenvalue weighted by Crippen LogP contribution is -2.41. The molecule has 0 fully saturated rings. The van der Waals surface area contributed by atoms with Crippen molar-refractivity contribution >= 4 is 22.8 Å². The van der Waals surface area contributed by atoms with Gasteiger partial charge in [0, 0.05) is 37.8 Å². The van der Waals surface area contributed by atoms with Gasteiger partial charge in [-0.1, -0.05) is 25.1 Å². The van der Waals surface area contributed by atoms with Gasteiger partial charge in [0.25, 0.3) is 5.56 Å². The predicted octanol–water partition coefficient (Wildman–Crippen LogP) is 2.47. The minimum atomic E-state index is -0.575. The zero-order chi connectivity index (χ0) is 24.5. The molecule has 0 radical (unpaired) electrons. The van der Waals surface area contributed by atoms with Gasteiger partial charge in [-0.15, -0.1) is 0 Å². The Morgan fingerprint density at radius 3 is 2.47 bits per heavy atom. The van der Waals surface area contributed by atoms with Gasteiger partial charge in [-0.25, -0.2) is 4.79 Å². The highest BCUT2D eigenvalue weighted by molar-refractivity contribution is 5.82. The SMILES string of the molecule is CCCNC(=O)NCCn1c(=O)c(CNC(C)C(N)=O)cc2ccc(Oc3ccccc3)cc21. The lowest BCUT2D eigenvalue weighted by Gasteiger charge is -2.16. The quantitative estimate of drug-likeness (QED) is 0.346. The van der Waals surface area contributed by atoms with Crippen molar-refractivity contribution < 1.29 is 14.3 Å². The Morgan fingerprint density at radius 1 is 1.03 bits per heavy atom. The molecule has 1 unspecified atom stereocenters. The summed E-state index contributed by atoms with van der Waals surface area (Å²) < 4.78 is 7.56. The molecule has 2 aromatic carbocycles. The van der Waals surface area contributed by atoms with Crippen LogP contribution in [-0.4, -0.2) is 35.6 Å². The summed E-state index contributed by atoms with van der Waals surface area (Å²) in [6.45, 7) is 4.92. The molecule has 0 spiro atoms. The molecule has 0 saturated carbocycles. The average molecular weight is 466 g/mol. The third-order valence-electron chi connectivity index (χ3n) is 5.30. The largest absolute Gasteiger partial charge is 0.457 e. The van der Waals surface area contributed by atoms with E-state index in [1.165, 1.54) is 0 Å². The number of nitrogens with zero attached hydrogens (tertiary/aromatic N) is 1. The summed E-state index contributed by atoms with van der Waals surface area (Å²) in [5.41, 5.74) is 6.28. The molecule has 1 aromatic heterocycles. The summed E-state index contributed by atoms with van der Waals surface area (Å²) in [7, 11) is 0. The van der Waals surface area contributed by atoms with Crippen LogP contribution in [0.5, 0.6) is 11.5 Å². The number of urea groups is 1.